The van der Waals surface area contributed by atoms with E-state index in [1.165, 1.54) is 0 Å². The van der Waals surface area contributed by atoms with E-state index in [9.17, 15) is 4.79 Å². The molecule has 2 aromatic rings. The fraction of sp³-hybridized carbons (Fsp3) is 0.375. The molecule has 1 unspecified atom stereocenters. The Bertz CT molecular complexity index is 671. The first-order valence-electron chi connectivity index (χ1n) is 7.46. The molecule has 0 aliphatic carbocycles. The number of rotatable bonds is 3. The molecular formula is C16H18ClN3O2. The van der Waals surface area contributed by atoms with E-state index in [4.69, 9.17) is 16.1 Å². The molecule has 6 heteroatoms. The van der Waals surface area contributed by atoms with Crippen molar-refractivity contribution < 1.29 is 9.32 Å². The zero-order valence-corrected chi connectivity index (χ0v) is 13.1. The average Bonchev–Trinajstić information content (AvgIpc) is 3.17. The van der Waals surface area contributed by atoms with Crippen LogP contribution in [0.25, 0.3) is 0 Å². The molecule has 0 bridgehead atoms. The summed E-state index contributed by atoms with van der Waals surface area (Å²) in [5.74, 6) is 0.753. The lowest BCUT2D eigenvalue weighted by molar-refractivity contribution is 0.195. The lowest BCUT2D eigenvalue weighted by Crippen LogP contribution is -2.34. The Kier molecular flexibility index (Phi) is 4.34. The van der Waals surface area contributed by atoms with Crippen LogP contribution >= 0.6 is 11.6 Å². The van der Waals surface area contributed by atoms with Crippen LogP contribution in [0.2, 0.25) is 5.02 Å². The smallest absolute Gasteiger partial charge is 0.322 e. The minimum atomic E-state index is -0.162. The van der Waals surface area contributed by atoms with Crippen LogP contribution in [0.5, 0.6) is 0 Å². The zero-order chi connectivity index (χ0) is 15.5. The quantitative estimate of drug-likeness (QED) is 0.919. The van der Waals surface area contributed by atoms with Crippen LogP contribution in [0.3, 0.4) is 0 Å². The van der Waals surface area contributed by atoms with Crippen LogP contribution in [0.15, 0.2) is 34.9 Å². The second kappa shape index (κ2) is 6.40. The van der Waals surface area contributed by atoms with Crippen molar-refractivity contribution in [3.63, 3.8) is 0 Å². The number of benzene rings is 1. The van der Waals surface area contributed by atoms with E-state index in [0.717, 1.165) is 30.7 Å². The van der Waals surface area contributed by atoms with Crippen LogP contribution in [0, 0.1) is 0 Å². The van der Waals surface area contributed by atoms with Gasteiger partial charge in [0.15, 0.2) is 5.76 Å². The zero-order valence-electron chi connectivity index (χ0n) is 12.4. The third-order valence-electron chi connectivity index (χ3n) is 3.90. The summed E-state index contributed by atoms with van der Waals surface area (Å²) in [5.41, 5.74) is 1.53. The number of aromatic nitrogens is 1. The molecule has 0 saturated carbocycles. The summed E-state index contributed by atoms with van der Waals surface area (Å²) in [5, 5.41) is 7.41. The fourth-order valence-electron chi connectivity index (χ4n) is 2.71. The van der Waals surface area contributed by atoms with E-state index in [1.807, 2.05) is 25.1 Å². The van der Waals surface area contributed by atoms with Gasteiger partial charge in [-0.1, -0.05) is 35.8 Å². The molecule has 5 nitrogen and oxygen atoms in total. The Morgan fingerprint density at radius 3 is 3.05 bits per heavy atom. The number of halogens is 1. The van der Waals surface area contributed by atoms with Gasteiger partial charge in [0, 0.05) is 12.6 Å². The highest BCUT2D eigenvalue weighted by atomic mass is 35.5. The van der Waals surface area contributed by atoms with Crippen LogP contribution in [-0.2, 0) is 6.42 Å². The van der Waals surface area contributed by atoms with Gasteiger partial charge in [0.1, 0.15) is 0 Å². The summed E-state index contributed by atoms with van der Waals surface area (Å²) < 4.78 is 5.40. The number of aryl methyl sites for hydroxylation is 1. The summed E-state index contributed by atoms with van der Waals surface area (Å²) >= 11 is 6.09. The van der Waals surface area contributed by atoms with Crippen LogP contribution in [-0.4, -0.2) is 22.6 Å². The molecular weight excluding hydrogens is 302 g/mol. The molecule has 1 fully saturated rings. The van der Waals surface area contributed by atoms with Crippen molar-refractivity contribution in [2.24, 2.45) is 0 Å². The van der Waals surface area contributed by atoms with Gasteiger partial charge in [-0.3, -0.25) is 0 Å². The molecule has 0 radical (unpaired) electrons. The number of urea groups is 1. The van der Waals surface area contributed by atoms with E-state index < -0.39 is 0 Å². The number of carbonyl (C=O) groups excluding carboxylic acids is 1. The topological polar surface area (TPSA) is 58.4 Å². The summed E-state index contributed by atoms with van der Waals surface area (Å²) in [7, 11) is 0. The molecule has 1 aromatic carbocycles. The highest BCUT2D eigenvalue weighted by Gasteiger charge is 2.33. The van der Waals surface area contributed by atoms with Crippen molar-refractivity contribution in [1.82, 2.24) is 10.1 Å². The SMILES string of the molecule is CCc1cc(C2CCCN2C(=O)Nc2ccccc2Cl)on1. The summed E-state index contributed by atoms with van der Waals surface area (Å²) in [6.45, 7) is 2.72. The summed E-state index contributed by atoms with van der Waals surface area (Å²) in [4.78, 5) is 14.3. The first kappa shape index (κ1) is 14.9. The lowest BCUT2D eigenvalue weighted by atomic mass is 10.1. The molecule has 1 N–H and O–H groups in total. The Morgan fingerprint density at radius 2 is 2.32 bits per heavy atom. The predicted molar refractivity (Wildman–Crippen MR) is 85.0 cm³/mol. The lowest BCUT2D eigenvalue weighted by Gasteiger charge is -2.23. The number of amides is 2. The number of carbonyl (C=O) groups is 1. The third kappa shape index (κ3) is 2.95. The Labute approximate surface area is 134 Å². The van der Waals surface area contributed by atoms with Crippen molar-refractivity contribution in [3.8, 4) is 0 Å². The number of likely N-dealkylation sites (tertiary alicyclic amines) is 1. The van der Waals surface area contributed by atoms with Crippen LogP contribution < -0.4 is 5.32 Å². The van der Waals surface area contributed by atoms with E-state index in [2.05, 4.69) is 10.5 Å². The monoisotopic (exact) mass is 319 g/mol. The van der Waals surface area contributed by atoms with E-state index in [1.54, 1.807) is 17.0 Å². The van der Waals surface area contributed by atoms with Crippen molar-refractivity contribution in [1.29, 1.82) is 0 Å². The van der Waals surface area contributed by atoms with Gasteiger partial charge in [0.2, 0.25) is 0 Å². The molecule has 1 atom stereocenters. The number of hydrogen-bond acceptors (Lipinski definition) is 3. The molecule has 22 heavy (non-hydrogen) atoms. The molecule has 3 rings (SSSR count). The first-order chi connectivity index (χ1) is 10.7. The van der Waals surface area contributed by atoms with Gasteiger partial charge < -0.3 is 14.7 Å². The third-order valence-corrected chi connectivity index (χ3v) is 4.23. The normalized spacial score (nSPS) is 17.7. The van der Waals surface area contributed by atoms with Gasteiger partial charge in [-0.25, -0.2) is 4.79 Å². The number of hydrogen-bond donors (Lipinski definition) is 1. The molecule has 0 spiro atoms. The van der Waals surface area contributed by atoms with Gasteiger partial charge in [-0.2, -0.15) is 0 Å². The minimum Gasteiger partial charge on any atom is -0.359 e. The average molecular weight is 320 g/mol. The van der Waals surface area contributed by atoms with Gasteiger partial charge >= 0.3 is 6.03 Å². The van der Waals surface area contributed by atoms with E-state index >= 15 is 0 Å². The number of nitrogens with zero attached hydrogens (tertiary/aromatic N) is 2. The Balaban J connectivity index is 1.75. The standard InChI is InChI=1S/C16H18ClN3O2/c1-2-11-10-15(22-19-11)14-8-5-9-20(14)16(21)18-13-7-4-3-6-12(13)17/h3-4,6-7,10,14H,2,5,8-9H2,1H3,(H,18,21). The van der Waals surface area contributed by atoms with Gasteiger partial charge in [-0.05, 0) is 31.4 Å². The summed E-state index contributed by atoms with van der Waals surface area (Å²) in [6, 6.07) is 8.92. The van der Waals surface area contributed by atoms with Crippen molar-refractivity contribution in [2.75, 3.05) is 11.9 Å². The summed E-state index contributed by atoms with van der Waals surface area (Å²) in [6.07, 6.45) is 2.65. The van der Waals surface area contributed by atoms with Crippen LogP contribution in [0.1, 0.15) is 37.3 Å². The fourth-order valence-corrected chi connectivity index (χ4v) is 2.89. The Morgan fingerprint density at radius 1 is 1.50 bits per heavy atom. The van der Waals surface area contributed by atoms with Gasteiger partial charge in [-0.15, -0.1) is 0 Å². The number of anilines is 1. The maximum atomic E-state index is 12.5. The van der Waals surface area contributed by atoms with Gasteiger partial charge in [0.25, 0.3) is 0 Å². The maximum absolute atomic E-state index is 12.5. The molecule has 116 valence electrons. The predicted octanol–water partition coefficient (Wildman–Crippen LogP) is 4.26. The molecule has 2 heterocycles. The van der Waals surface area contributed by atoms with Crippen LogP contribution in [0.4, 0.5) is 10.5 Å². The minimum absolute atomic E-state index is 0.0599. The van der Waals surface area contributed by atoms with E-state index in [-0.39, 0.29) is 12.1 Å². The second-order valence-corrected chi connectivity index (χ2v) is 5.74. The largest absolute Gasteiger partial charge is 0.359 e. The second-order valence-electron chi connectivity index (χ2n) is 5.34. The molecule has 1 aliphatic heterocycles. The Hall–Kier alpha value is -2.01. The number of nitrogens with one attached hydrogen (secondary N) is 1. The molecule has 1 aromatic heterocycles. The maximum Gasteiger partial charge on any atom is 0.322 e. The highest BCUT2D eigenvalue weighted by molar-refractivity contribution is 6.33. The molecule has 1 saturated heterocycles. The van der Waals surface area contributed by atoms with Gasteiger partial charge in [0.05, 0.1) is 22.4 Å². The first-order valence-corrected chi connectivity index (χ1v) is 7.84. The van der Waals surface area contributed by atoms with Crippen molar-refractivity contribution in [2.45, 2.75) is 32.2 Å². The number of para-hydroxylation sites is 1. The van der Waals surface area contributed by atoms with Crippen molar-refractivity contribution >= 4 is 23.3 Å². The molecule has 1 aliphatic rings. The highest BCUT2D eigenvalue weighted by Crippen LogP contribution is 2.33. The van der Waals surface area contributed by atoms with E-state index in [0.29, 0.717) is 17.3 Å². The molecule has 2 amide bonds. The van der Waals surface area contributed by atoms with Crippen molar-refractivity contribution in [3.05, 3.63) is 46.8 Å².